The number of piperidine rings is 1. The highest BCUT2D eigenvalue weighted by Gasteiger charge is 2.67. The van der Waals surface area contributed by atoms with Gasteiger partial charge in [0, 0.05) is 24.1 Å². The number of phenols is 1. The van der Waals surface area contributed by atoms with Gasteiger partial charge in [0.15, 0.2) is 11.4 Å². The van der Waals surface area contributed by atoms with Crippen molar-refractivity contribution in [3.8, 4) is 16.9 Å². The first kappa shape index (κ1) is 32.8. The summed E-state index contributed by atoms with van der Waals surface area (Å²) in [5.74, 6) is -7.90. The van der Waals surface area contributed by atoms with Crippen LogP contribution in [-0.4, -0.2) is 106 Å². The molecule has 12 nitrogen and oxygen atoms in total. The van der Waals surface area contributed by atoms with E-state index in [0.717, 1.165) is 49.2 Å². The van der Waals surface area contributed by atoms with Crippen LogP contribution < -0.4 is 5.73 Å². The molecular formula is C35H41N3O9. The Labute approximate surface area is 272 Å². The van der Waals surface area contributed by atoms with Gasteiger partial charge in [0.25, 0.3) is 0 Å². The number of phenolic OH excluding ortho intramolecular Hbond substituents is 1. The number of esters is 1. The number of aromatic hydroxyl groups is 1. The summed E-state index contributed by atoms with van der Waals surface area (Å²) in [6.07, 6.45) is 0.232. The largest absolute Gasteiger partial charge is 0.507 e. The zero-order valence-electron chi connectivity index (χ0n) is 26.7. The number of ether oxygens (including phenoxy) is 1. The van der Waals surface area contributed by atoms with Gasteiger partial charge in [-0.2, -0.15) is 0 Å². The molecule has 1 heterocycles. The lowest BCUT2D eigenvalue weighted by atomic mass is 9.54. The second-order valence-electron chi connectivity index (χ2n) is 13.5. The molecule has 2 aromatic rings. The Kier molecular flexibility index (Phi) is 8.50. The van der Waals surface area contributed by atoms with E-state index in [1.165, 1.54) is 13.2 Å². The SMILES string of the molecule is COC(=O)C1CCN(Cc2ccc(-c3ccc(O)c4c3C[C@H]3C[C@H]5[C@H](N(C)C)C(O)C(C(N)=O)C(=O)[C@@]5(O)C(=O)C3=C4O)cc2)CC1. The Morgan fingerprint density at radius 1 is 1.06 bits per heavy atom. The van der Waals surface area contributed by atoms with Gasteiger partial charge < -0.3 is 35.8 Å². The number of primary amides is 1. The Bertz CT molecular complexity index is 1660. The van der Waals surface area contributed by atoms with Gasteiger partial charge in [-0.25, -0.2) is 0 Å². The third-order valence-electron chi connectivity index (χ3n) is 10.8. The van der Waals surface area contributed by atoms with Crippen LogP contribution in [0.4, 0.5) is 0 Å². The van der Waals surface area contributed by atoms with Crippen molar-refractivity contribution in [2.75, 3.05) is 34.3 Å². The summed E-state index contributed by atoms with van der Waals surface area (Å²) < 4.78 is 4.89. The number of nitrogens with zero attached hydrogens (tertiary/aromatic N) is 2. The topological polar surface area (TPSA) is 191 Å². The lowest BCUT2D eigenvalue weighted by Crippen LogP contribution is -2.73. The molecule has 6 atom stereocenters. The van der Waals surface area contributed by atoms with E-state index in [1.54, 1.807) is 25.1 Å². The lowest BCUT2D eigenvalue weighted by molar-refractivity contribution is -0.184. The molecule has 0 radical (unpaired) electrons. The van der Waals surface area contributed by atoms with Gasteiger partial charge in [0.2, 0.25) is 11.7 Å². The van der Waals surface area contributed by atoms with E-state index in [9.17, 15) is 39.6 Å². The molecule has 1 saturated heterocycles. The maximum Gasteiger partial charge on any atom is 0.308 e. The van der Waals surface area contributed by atoms with Crippen LogP contribution in [0.25, 0.3) is 16.9 Å². The number of fused-ring (bicyclic) bond motifs is 3. The number of methoxy groups -OCH3 is 1. The number of aliphatic hydroxyl groups excluding tert-OH is 2. The van der Waals surface area contributed by atoms with Gasteiger partial charge >= 0.3 is 5.97 Å². The van der Waals surface area contributed by atoms with Crippen LogP contribution in [0.15, 0.2) is 42.0 Å². The van der Waals surface area contributed by atoms with Crippen LogP contribution in [0.2, 0.25) is 0 Å². The zero-order valence-corrected chi connectivity index (χ0v) is 26.7. The highest BCUT2D eigenvalue weighted by molar-refractivity contribution is 6.25. The molecule has 2 unspecified atom stereocenters. The molecule has 1 amide bonds. The Morgan fingerprint density at radius 2 is 1.72 bits per heavy atom. The van der Waals surface area contributed by atoms with Crippen molar-refractivity contribution in [1.82, 2.24) is 9.80 Å². The van der Waals surface area contributed by atoms with Crippen molar-refractivity contribution in [3.63, 3.8) is 0 Å². The molecule has 0 spiro atoms. The summed E-state index contributed by atoms with van der Waals surface area (Å²) in [6.45, 7) is 2.30. The first-order valence-electron chi connectivity index (χ1n) is 15.9. The fraction of sp³-hybridized carbons (Fsp3) is 0.486. The Morgan fingerprint density at radius 3 is 2.32 bits per heavy atom. The summed E-state index contributed by atoms with van der Waals surface area (Å²) in [5.41, 5.74) is 5.93. The molecule has 6 rings (SSSR count). The average molecular weight is 648 g/mol. The number of aliphatic hydroxyl groups is 3. The predicted molar refractivity (Wildman–Crippen MR) is 170 cm³/mol. The normalized spacial score (nSPS) is 29.7. The number of likely N-dealkylation sites (tertiary alicyclic amines) is 1. The molecule has 6 N–H and O–H groups in total. The van der Waals surface area contributed by atoms with Crippen molar-refractivity contribution in [2.24, 2.45) is 29.4 Å². The summed E-state index contributed by atoms with van der Waals surface area (Å²) >= 11 is 0. The smallest absolute Gasteiger partial charge is 0.308 e. The van der Waals surface area contributed by atoms with E-state index in [2.05, 4.69) is 4.90 Å². The number of carbonyl (C=O) groups excluding carboxylic acids is 4. The van der Waals surface area contributed by atoms with Crippen LogP contribution in [0.5, 0.6) is 5.75 Å². The summed E-state index contributed by atoms with van der Waals surface area (Å²) in [5, 5.41) is 45.4. The standard InChI is InChI=1S/C35H41N3O9/c1-37(2)28-23-15-20-14-22-21(18-6-4-17(5-7-18)16-38-12-10-19(11-13-38)34(45)47-3)8-9-24(39)26(22)29(40)25(20)31(42)35(23,46)32(43)27(30(28)41)33(36)44/h4-9,19-20,23,27-28,30,39-41,46H,10-16H2,1-3H3,(H2,36,44)/t20-,23-,27?,28-,30?,35-/m0/s1. The highest BCUT2D eigenvalue weighted by Crippen LogP contribution is 2.53. The van der Waals surface area contributed by atoms with Gasteiger partial charge in [-0.3, -0.25) is 24.1 Å². The minimum Gasteiger partial charge on any atom is -0.507 e. The number of Topliss-reactive ketones (excluding diaryl/α,β-unsaturated/α-hetero) is 2. The molecule has 0 aromatic heterocycles. The van der Waals surface area contributed by atoms with Crippen molar-refractivity contribution >= 4 is 29.2 Å². The maximum atomic E-state index is 14.1. The van der Waals surface area contributed by atoms with Crippen molar-refractivity contribution in [3.05, 3.63) is 58.7 Å². The van der Waals surface area contributed by atoms with Crippen LogP contribution in [0, 0.1) is 23.7 Å². The average Bonchev–Trinajstić information content (AvgIpc) is 3.03. The van der Waals surface area contributed by atoms with E-state index >= 15 is 0 Å². The molecule has 2 saturated carbocycles. The van der Waals surface area contributed by atoms with Crippen molar-refractivity contribution in [1.29, 1.82) is 0 Å². The summed E-state index contributed by atoms with van der Waals surface area (Å²) in [4.78, 5) is 55.6. The van der Waals surface area contributed by atoms with Crippen LogP contribution in [0.3, 0.4) is 0 Å². The molecule has 2 aromatic carbocycles. The number of benzene rings is 2. The molecule has 12 heteroatoms. The molecule has 47 heavy (non-hydrogen) atoms. The van der Waals surface area contributed by atoms with Gasteiger partial charge in [-0.05, 0) is 87.1 Å². The minimum atomic E-state index is -2.69. The van der Waals surface area contributed by atoms with Gasteiger partial charge in [0.05, 0.1) is 24.7 Å². The fourth-order valence-corrected chi connectivity index (χ4v) is 8.42. The second-order valence-corrected chi connectivity index (χ2v) is 13.5. The minimum absolute atomic E-state index is 0.0545. The van der Waals surface area contributed by atoms with Crippen LogP contribution >= 0.6 is 0 Å². The lowest BCUT2D eigenvalue weighted by Gasteiger charge is -2.53. The second kappa shape index (κ2) is 12.2. The summed E-state index contributed by atoms with van der Waals surface area (Å²) in [6, 6.07) is 10.2. The zero-order chi connectivity index (χ0) is 33.9. The molecule has 0 bridgehead atoms. The number of hydrogen-bond donors (Lipinski definition) is 5. The number of carbonyl (C=O) groups is 4. The third kappa shape index (κ3) is 5.23. The molecule has 1 aliphatic heterocycles. The number of likely N-dealkylation sites (N-methyl/N-ethyl adjacent to an activating group) is 1. The number of amides is 1. The Balaban J connectivity index is 1.32. The molecule has 3 fully saturated rings. The van der Waals surface area contributed by atoms with Crippen molar-refractivity contribution < 1.29 is 44.3 Å². The fourth-order valence-electron chi connectivity index (χ4n) is 8.42. The Hall–Kier alpha value is -4.10. The molecule has 250 valence electrons. The number of ketones is 2. The van der Waals surface area contributed by atoms with E-state index in [0.29, 0.717) is 5.56 Å². The third-order valence-corrected chi connectivity index (χ3v) is 10.8. The monoisotopic (exact) mass is 647 g/mol. The molecule has 3 aliphatic carbocycles. The van der Waals surface area contributed by atoms with E-state index in [4.69, 9.17) is 10.5 Å². The highest BCUT2D eigenvalue weighted by atomic mass is 16.5. The van der Waals surface area contributed by atoms with Crippen LogP contribution in [0.1, 0.15) is 36.0 Å². The quantitative estimate of drug-likeness (QED) is 0.224. The predicted octanol–water partition coefficient (Wildman–Crippen LogP) is 1.18. The van der Waals surface area contributed by atoms with E-state index in [1.807, 2.05) is 24.3 Å². The number of hydrogen-bond acceptors (Lipinski definition) is 11. The van der Waals surface area contributed by atoms with Gasteiger partial charge in [0.1, 0.15) is 17.4 Å². The summed E-state index contributed by atoms with van der Waals surface area (Å²) in [7, 11) is 4.66. The van der Waals surface area contributed by atoms with Crippen molar-refractivity contribution in [2.45, 2.75) is 50.0 Å². The van der Waals surface area contributed by atoms with E-state index in [-0.39, 0.29) is 41.6 Å². The van der Waals surface area contributed by atoms with E-state index < -0.39 is 58.7 Å². The molecule has 4 aliphatic rings. The first-order valence-corrected chi connectivity index (χ1v) is 15.9. The van der Waals surface area contributed by atoms with Gasteiger partial charge in [-0.1, -0.05) is 30.3 Å². The number of rotatable bonds is 6. The van der Waals surface area contributed by atoms with Crippen LogP contribution in [-0.2, 0) is 36.9 Å². The molecular weight excluding hydrogens is 606 g/mol. The maximum absolute atomic E-state index is 14.1. The first-order chi connectivity index (χ1) is 22.3. The number of nitrogens with two attached hydrogens (primary N) is 1. The van der Waals surface area contributed by atoms with Gasteiger partial charge in [-0.15, -0.1) is 0 Å².